The zero-order valence-corrected chi connectivity index (χ0v) is 18.3. The largest absolute Gasteiger partial charge is 0.494 e. The number of nitrogens with one attached hydrogen (secondary N) is 1. The van der Waals surface area contributed by atoms with Gasteiger partial charge < -0.3 is 29.0 Å². The van der Waals surface area contributed by atoms with Crippen LogP contribution in [0.3, 0.4) is 0 Å². The first-order chi connectivity index (χ1) is 14.9. The third-order valence-electron chi connectivity index (χ3n) is 4.19. The van der Waals surface area contributed by atoms with E-state index in [9.17, 15) is 9.59 Å². The van der Waals surface area contributed by atoms with E-state index in [1.807, 2.05) is 6.92 Å². The minimum Gasteiger partial charge on any atom is -0.494 e. The van der Waals surface area contributed by atoms with E-state index < -0.39 is 18.0 Å². The molecule has 0 fully saturated rings. The molecule has 8 heteroatoms. The van der Waals surface area contributed by atoms with E-state index in [1.165, 1.54) is 40.4 Å². The number of hydrogen-bond donors (Lipinski definition) is 1. The Morgan fingerprint density at radius 1 is 1.00 bits per heavy atom. The van der Waals surface area contributed by atoms with Gasteiger partial charge >= 0.3 is 5.97 Å². The lowest BCUT2D eigenvalue weighted by Crippen LogP contribution is -2.29. The molecular weight excluding hydrogens is 402 g/mol. The van der Waals surface area contributed by atoms with Crippen molar-refractivity contribution < 1.29 is 33.3 Å². The van der Waals surface area contributed by atoms with Crippen molar-refractivity contribution in [2.75, 3.05) is 33.3 Å². The van der Waals surface area contributed by atoms with E-state index >= 15 is 0 Å². The van der Waals surface area contributed by atoms with Crippen molar-refractivity contribution in [2.45, 2.75) is 20.0 Å². The van der Waals surface area contributed by atoms with Crippen LogP contribution in [0, 0.1) is 0 Å². The van der Waals surface area contributed by atoms with Crippen LogP contribution in [0.25, 0.3) is 6.08 Å². The lowest BCUT2D eigenvalue weighted by Gasteiger charge is -2.13. The highest BCUT2D eigenvalue weighted by atomic mass is 16.5. The summed E-state index contributed by atoms with van der Waals surface area (Å²) in [6.45, 7) is 3.94. The van der Waals surface area contributed by atoms with Crippen molar-refractivity contribution in [3.63, 3.8) is 0 Å². The standard InChI is InChI=1S/C23H27NO7/c1-6-30-18-10-8-17(9-11-18)24-23(26)15(2)31-21(25)12-7-16-13-19(27-3)22(29-5)20(14-16)28-4/h7-15H,6H2,1-5H3,(H,24,26)/b12-7+. The summed E-state index contributed by atoms with van der Waals surface area (Å²) >= 11 is 0. The molecule has 0 heterocycles. The van der Waals surface area contributed by atoms with Gasteiger partial charge in [-0.15, -0.1) is 0 Å². The Morgan fingerprint density at radius 2 is 1.61 bits per heavy atom. The van der Waals surface area contributed by atoms with E-state index in [-0.39, 0.29) is 0 Å². The van der Waals surface area contributed by atoms with Crippen molar-refractivity contribution in [2.24, 2.45) is 0 Å². The highest BCUT2D eigenvalue weighted by molar-refractivity contribution is 5.96. The summed E-state index contributed by atoms with van der Waals surface area (Å²) < 4.78 is 26.4. The lowest BCUT2D eigenvalue weighted by molar-refractivity contribution is -0.148. The number of rotatable bonds is 10. The molecule has 0 aliphatic rings. The minimum absolute atomic E-state index is 0.446. The third-order valence-corrected chi connectivity index (χ3v) is 4.19. The van der Waals surface area contributed by atoms with Crippen LogP contribution in [0.2, 0.25) is 0 Å². The number of carbonyl (C=O) groups is 2. The molecule has 0 saturated carbocycles. The van der Waals surface area contributed by atoms with Crippen molar-refractivity contribution in [3.05, 3.63) is 48.0 Å². The maximum Gasteiger partial charge on any atom is 0.331 e. The lowest BCUT2D eigenvalue weighted by atomic mass is 10.1. The van der Waals surface area contributed by atoms with Crippen molar-refractivity contribution in [3.8, 4) is 23.0 Å². The molecule has 1 N–H and O–H groups in total. The molecule has 0 spiro atoms. The fourth-order valence-corrected chi connectivity index (χ4v) is 2.67. The Bertz CT molecular complexity index is 897. The van der Waals surface area contributed by atoms with Crippen LogP contribution >= 0.6 is 0 Å². The van der Waals surface area contributed by atoms with Gasteiger partial charge in [0.25, 0.3) is 5.91 Å². The van der Waals surface area contributed by atoms with Gasteiger partial charge in [-0.3, -0.25) is 4.79 Å². The Morgan fingerprint density at radius 3 is 2.13 bits per heavy atom. The zero-order valence-electron chi connectivity index (χ0n) is 18.3. The van der Waals surface area contributed by atoms with Gasteiger partial charge in [0.2, 0.25) is 5.75 Å². The molecule has 1 amide bonds. The molecule has 0 aromatic heterocycles. The molecule has 8 nitrogen and oxygen atoms in total. The first-order valence-electron chi connectivity index (χ1n) is 9.64. The SMILES string of the molecule is CCOc1ccc(NC(=O)C(C)OC(=O)/C=C/c2cc(OC)c(OC)c(OC)c2)cc1. The zero-order chi connectivity index (χ0) is 22.8. The van der Waals surface area contributed by atoms with Crippen LogP contribution in [0.5, 0.6) is 23.0 Å². The van der Waals surface area contributed by atoms with Crippen LogP contribution in [0.15, 0.2) is 42.5 Å². The fourth-order valence-electron chi connectivity index (χ4n) is 2.67. The van der Waals surface area contributed by atoms with Crippen molar-refractivity contribution >= 4 is 23.6 Å². The number of benzene rings is 2. The number of anilines is 1. The van der Waals surface area contributed by atoms with Crippen LogP contribution in [-0.4, -0.2) is 45.9 Å². The van der Waals surface area contributed by atoms with Crippen molar-refractivity contribution in [1.82, 2.24) is 0 Å². The highest BCUT2D eigenvalue weighted by Crippen LogP contribution is 2.38. The van der Waals surface area contributed by atoms with Crippen LogP contribution in [0.1, 0.15) is 19.4 Å². The van der Waals surface area contributed by atoms with Crippen LogP contribution in [0.4, 0.5) is 5.69 Å². The maximum atomic E-state index is 12.3. The summed E-state index contributed by atoms with van der Waals surface area (Å²) in [4.78, 5) is 24.4. The topological polar surface area (TPSA) is 92.3 Å². The van der Waals surface area contributed by atoms with Gasteiger partial charge in [-0.1, -0.05) is 0 Å². The molecule has 2 aromatic carbocycles. The molecule has 166 valence electrons. The molecule has 0 radical (unpaired) electrons. The summed E-state index contributed by atoms with van der Waals surface area (Å²) in [5.74, 6) is 0.957. The Labute approximate surface area is 181 Å². The number of ether oxygens (including phenoxy) is 5. The van der Waals surface area contributed by atoms with Gasteiger partial charge in [-0.2, -0.15) is 0 Å². The Hall–Kier alpha value is -3.68. The fraction of sp³-hybridized carbons (Fsp3) is 0.304. The molecular formula is C23H27NO7. The number of amides is 1. The van der Waals surface area contributed by atoms with Gasteiger partial charge in [0.15, 0.2) is 17.6 Å². The average molecular weight is 429 g/mol. The Kier molecular flexibility index (Phi) is 8.75. The maximum absolute atomic E-state index is 12.3. The number of carbonyl (C=O) groups excluding carboxylic acids is 2. The number of methoxy groups -OCH3 is 3. The van der Waals surface area contributed by atoms with Gasteiger partial charge in [0.05, 0.1) is 27.9 Å². The highest BCUT2D eigenvalue weighted by Gasteiger charge is 2.17. The van der Waals surface area contributed by atoms with E-state index in [4.69, 9.17) is 23.7 Å². The van der Waals surface area contributed by atoms with E-state index in [0.29, 0.717) is 40.9 Å². The molecule has 0 saturated heterocycles. The molecule has 1 atom stereocenters. The van der Waals surface area contributed by atoms with E-state index in [2.05, 4.69) is 5.32 Å². The van der Waals surface area contributed by atoms with Crippen LogP contribution in [-0.2, 0) is 14.3 Å². The number of esters is 1. The summed E-state index contributed by atoms with van der Waals surface area (Å²) in [6.07, 6.45) is 1.77. The monoisotopic (exact) mass is 429 g/mol. The molecule has 0 bridgehead atoms. The van der Waals surface area contributed by atoms with Gasteiger partial charge in [-0.25, -0.2) is 4.79 Å². The number of hydrogen-bond acceptors (Lipinski definition) is 7. The van der Waals surface area contributed by atoms with Gasteiger partial charge in [0, 0.05) is 11.8 Å². The Balaban J connectivity index is 1.98. The molecule has 31 heavy (non-hydrogen) atoms. The summed E-state index contributed by atoms with van der Waals surface area (Å²) in [5, 5.41) is 2.69. The minimum atomic E-state index is -0.983. The quantitative estimate of drug-likeness (QED) is 0.455. The molecule has 0 aliphatic heterocycles. The second-order valence-electron chi connectivity index (χ2n) is 6.32. The van der Waals surface area contributed by atoms with Gasteiger partial charge in [-0.05, 0) is 61.9 Å². The molecule has 2 rings (SSSR count). The summed E-state index contributed by atoms with van der Waals surface area (Å²) in [5.41, 5.74) is 1.21. The van der Waals surface area contributed by atoms with E-state index in [0.717, 1.165) is 0 Å². The van der Waals surface area contributed by atoms with Gasteiger partial charge in [0.1, 0.15) is 5.75 Å². The summed E-state index contributed by atoms with van der Waals surface area (Å²) in [7, 11) is 4.51. The first kappa shape index (κ1) is 23.6. The molecule has 0 aliphatic carbocycles. The van der Waals surface area contributed by atoms with Crippen LogP contribution < -0.4 is 24.3 Å². The second kappa shape index (κ2) is 11.5. The molecule has 1 unspecified atom stereocenters. The molecule has 2 aromatic rings. The predicted octanol–water partition coefficient (Wildman–Crippen LogP) is 3.69. The first-order valence-corrected chi connectivity index (χ1v) is 9.64. The second-order valence-corrected chi connectivity index (χ2v) is 6.32. The van der Waals surface area contributed by atoms with Crippen molar-refractivity contribution in [1.29, 1.82) is 0 Å². The average Bonchev–Trinajstić information content (AvgIpc) is 2.78. The summed E-state index contributed by atoms with van der Waals surface area (Å²) in [6, 6.07) is 10.3. The normalized spacial score (nSPS) is 11.5. The predicted molar refractivity (Wildman–Crippen MR) is 117 cm³/mol. The van der Waals surface area contributed by atoms with E-state index in [1.54, 1.807) is 36.4 Å². The smallest absolute Gasteiger partial charge is 0.331 e. The third kappa shape index (κ3) is 6.67.